The Kier molecular flexibility index (Phi) is 8.76. The molecule has 0 unspecified atom stereocenters. The molecule has 3 fully saturated rings. The molecule has 0 radical (unpaired) electrons. The molecule has 2 aromatic carbocycles. The fraction of sp³-hybridized carbons (Fsp3) is 0.594. The zero-order valence-electron chi connectivity index (χ0n) is 23.2. The summed E-state index contributed by atoms with van der Waals surface area (Å²) in [5.74, 6) is -0.443. The second-order valence-electron chi connectivity index (χ2n) is 11.9. The Morgan fingerprint density at radius 1 is 1.00 bits per heavy atom. The second kappa shape index (κ2) is 12.1. The van der Waals surface area contributed by atoms with Gasteiger partial charge < -0.3 is 9.80 Å². The van der Waals surface area contributed by atoms with Gasteiger partial charge in [0.05, 0.1) is 6.42 Å². The van der Waals surface area contributed by atoms with Crippen LogP contribution >= 0.6 is 11.6 Å². The normalized spacial score (nSPS) is 23.7. The molecule has 2 heterocycles. The fourth-order valence-corrected chi connectivity index (χ4v) is 7.11. The molecule has 0 bridgehead atoms. The van der Waals surface area contributed by atoms with Crippen LogP contribution in [0.4, 0.5) is 4.39 Å². The molecule has 1 saturated carbocycles. The van der Waals surface area contributed by atoms with E-state index in [1.807, 2.05) is 4.90 Å². The molecule has 2 aliphatic heterocycles. The van der Waals surface area contributed by atoms with Crippen LogP contribution in [0.5, 0.6) is 0 Å². The number of hydrogen-bond donors (Lipinski definition) is 0. The Hall–Kier alpha value is -1.95. The summed E-state index contributed by atoms with van der Waals surface area (Å²) in [5.41, 5.74) is 4.15. The minimum Gasteiger partial charge on any atom is -0.341 e. The minimum atomic E-state index is -0.405. The maximum atomic E-state index is 14.4. The monoisotopic (exact) mass is 539 g/mol. The minimum absolute atomic E-state index is 0.0115. The summed E-state index contributed by atoms with van der Waals surface area (Å²) in [6.45, 7) is 11.4. The molecule has 0 aromatic heterocycles. The third kappa shape index (κ3) is 6.11. The summed E-state index contributed by atoms with van der Waals surface area (Å²) >= 11 is 6.24. The molecular weight excluding hydrogens is 497 g/mol. The molecule has 1 amide bonds. The maximum absolute atomic E-state index is 14.4. The number of amides is 1. The molecule has 6 heteroatoms. The summed E-state index contributed by atoms with van der Waals surface area (Å²) in [4.78, 5) is 20.6. The van der Waals surface area contributed by atoms with Gasteiger partial charge in [-0.3, -0.25) is 9.69 Å². The van der Waals surface area contributed by atoms with E-state index in [1.165, 1.54) is 68.0 Å². The summed E-state index contributed by atoms with van der Waals surface area (Å²) in [6.07, 6.45) is 8.91. The Morgan fingerprint density at radius 3 is 2.47 bits per heavy atom. The van der Waals surface area contributed by atoms with Crippen molar-refractivity contribution in [1.82, 2.24) is 14.7 Å². The number of aryl methyl sites for hydroxylation is 2. The molecule has 4 nitrogen and oxygen atoms in total. The number of benzene rings is 2. The van der Waals surface area contributed by atoms with Crippen molar-refractivity contribution in [2.45, 2.75) is 76.7 Å². The van der Waals surface area contributed by atoms with Crippen LogP contribution in [0.3, 0.4) is 0 Å². The van der Waals surface area contributed by atoms with Crippen LogP contribution in [-0.4, -0.2) is 72.5 Å². The highest BCUT2D eigenvalue weighted by atomic mass is 35.5. The molecular formula is C32H43ClFN3O. The van der Waals surface area contributed by atoms with Crippen molar-refractivity contribution in [3.8, 4) is 0 Å². The maximum Gasteiger partial charge on any atom is 0.227 e. The summed E-state index contributed by atoms with van der Waals surface area (Å²) < 4.78 is 14.4. The molecule has 0 N–H and O–H groups in total. The van der Waals surface area contributed by atoms with E-state index in [0.717, 1.165) is 38.5 Å². The van der Waals surface area contributed by atoms with E-state index in [1.54, 1.807) is 12.1 Å². The lowest BCUT2D eigenvalue weighted by molar-refractivity contribution is -0.129. The van der Waals surface area contributed by atoms with Gasteiger partial charge in [-0.05, 0) is 74.9 Å². The Labute approximate surface area is 233 Å². The van der Waals surface area contributed by atoms with Crippen LogP contribution < -0.4 is 0 Å². The van der Waals surface area contributed by atoms with Gasteiger partial charge in [0.25, 0.3) is 0 Å². The number of rotatable bonds is 7. The smallest absolute Gasteiger partial charge is 0.227 e. The van der Waals surface area contributed by atoms with E-state index in [2.05, 4.69) is 41.8 Å². The van der Waals surface area contributed by atoms with Gasteiger partial charge >= 0.3 is 0 Å². The largest absolute Gasteiger partial charge is 0.341 e. The zero-order valence-corrected chi connectivity index (χ0v) is 23.9. The number of piperazine rings is 1. The van der Waals surface area contributed by atoms with E-state index in [-0.39, 0.29) is 17.7 Å². The highest BCUT2D eigenvalue weighted by molar-refractivity contribution is 6.31. The van der Waals surface area contributed by atoms with Gasteiger partial charge in [0.2, 0.25) is 5.91 Å². The summed E-state index contributed by atoms with van der Waals surface area (Å²) in [7, 11) is 0. The highest BCUT2D eigenvalue weighted by Crippen LogP contribution is 2.39. The number of carbonyl (C=O) groups excluding carboxylic acids is 1. The molecule has 3 aliphatic rings. The van der Waals surface area contributed by atoms with E-state index < -0.39 is 5.82 Å². The molecule has 1 aliphatic carbocycles. The molecule has 38 heavy (non-hydrogen) atoms. The first-order valence-corrected chi connectivity index (χ1v) is 15.0. The third-order valence-electron chi connectivity index (χ3n) is 9.62. The van der Waals surface area contributed by atoms with Crippen molar-refractivity contribution >= 4 is 17.5 Å². The van der Waals surface area contributed by atoms with E-state index in [0.29, 0.717) is 23.7 Å². The predicted molar refractivity (Wildman–Crippen MR) is 153 cm³/mol. The van der Waals surface area contributed by atoms with Gasteiger partial charge in [0.1, 0.15) is 5.82 Å². The van der Waals surface area contributed by atoms with Crippen molar-refractivity contribution in [1.29, 1.82) is 0 Å². The first-order chi connectivity index (χ1) is 18.3. The van der Waals surface area contributed by atoms with Crippen molar-refractivity contribution < 1.29 is 9.18 Å². The quantitative estimate of drug-likeness (QED) is 0.422. The van der Waals surface area contributed by atoms with Gasteiger partial charge in [-0.25, -0.2) is 4.39 Å². The summed E-state index contributed by atoms with van der Waals surface area (Å²) in [5, 5.41) is 0.324. The van der Waals surface area contributed by atoms with Gasteiger partial charge in [0.15, 0.2) is 0 Å². The van der Waals surface area contributed by atoms with Crippen LogP contribution in [0.25, 0.3) is 0 Å². The van der Waals surface area contributed by atoms with Gasteiger partial charge in [0, 0.05) is 61.3 Å². The first-order valence-electron chi connectivity index (χ1n) is 14.6. The van der Waals surface area contributed by atoms with Crippen LogP contribution in [0, 0.1) is 19.7 Å². The number of likely N-dealkylation sites (tertiary alicyclic amines) is 1. The van der Waals surface area contributed by atoms with Crippen molar-refractivity contribution in [2.75, 3.05) is 45.8 Å². The zero-order chi connectivity index (χ0) is 26.7. The van der Waals surface area contributed by atoms with Gasteiger partial charge in [-0.1, -0.05) is 55.1 Å². The van der Waals surface area contributed by atoms with E-state index >= 15 is 0 Å². The number of halogens is 2. The van der Waals surface area contributed by atoms with Crippen LogP contribution in [0.15, 0.2) is 36.4 Å². The number of hydrogen-bond acceptors (Lipinski definition) is 3. The molecule has 1 atom stereocenters. The van der Waals surface area contributed by atoms with Crippen molar-refractivity contribution in [2.24, 2.45) is 0 Å². The molecule has 2 saturated heterocycles. The Balaban J connectivity index is 1.26. The predicted octanol–water partition coefficient (Wildman–Crippen LogP) is 6.15. The molecule has 206 valence electrons. The Bertz CT molecular complexity index is 1110. The lowest BCUT2D eigenvalue weighted by Gasteiger charge is -2.42. The lowest BCUT2D eigenvalue weighted by atomic mass is 9.76. The van der Waals surface area contributed by atoms with Crippen LogP contribution in [0.2, 0.25) is 5.02 Å². The third-order valence-corrected chi connectivity index (χ3v) is 9.97. The van der Waals surface area contributed by atoms with E-state index in [4.69, 9.17) is 11.6 Å². The summed E-state index contributed by atoms with van der Waals surface area (Å²) in [6, 6.07) is 12.2. The average molecular weight is 540 g/mol. The molecule has 5 rings (SSSR count). The topological polar surface area (TPSA) is 26.8 Å². The standard InChI is InChI=1S/C32H43ClFN3O/c1-24-11-12-26(21-25(24)2)32(13-15-35-17-19-36(20-18-35)27-7-4-3-5-8-27)14-16-37(23-32)31(38)22-28-29(33)9-6-10-30(28)34/h6,9-12,21,27H,3-5,7-8,13-20,22-23H2,1-2H3/t32-/m1/s1. The number of carbonyl (C=O) groups is 1. The van der Waals surface area contributed by atoms with Crippen molar-refractivity contribution in [3.63, 3.8) is 0 Å². The van der Waals surface area contributed by atoms with Crippen LogP contribution in [-0.2, 0) is 16.6 Å². The van der Waals surface area contributed by atoms with E-state index in [9.17, 15) is 9.18 Å². The van der Waals surface area contributed by atoms with Crippen molar-refractivity contribution in [3.05, 3.63) is 69.5 Å². The molecule has 2 aromatic rings. The lowest BCUT2D eigenvalue weighted by Crippen LogP contribution is -2.51. The van der Waals surface area contributed by atoms with Crippen LogP contribution in [0.1, 0.15) is 67.2 Å². The van der Waals surface area contributed by atoms with Gasteiger partial charge in [-0.2, -0.15) is 0 Å². The average Bonchev–Trinajstić information content (AvgIpc) is 3.38. The SMILES string of the molecule is Cc1ccc([C@]2(CCN3CCN(C4CCCCC4)CC3)CCN(C(=O)Cc3c(F)cccc3Cl)C2)cc1C. The number of nitrogens with zero attached hydrogens (tertiary/aromatic N) is 3. The second-order valence-corrected chi connectivity index (χ2v) is 12.3. The molecule has 0 spiro atoms. The van der Waals surface area contributed by atoms with Gasteiger partial charge in [-0.15, -0.1) is 0 Å². The highest BCUT2D eigenvalue weighted by Gasteiger charge is 2.42. The first kappa shape index (κ1) is 27.6. The fourth-order valence-electron chi connectivity index (χ4n) is 6.88. The Morgan fingerprint density at radius 2 is 1.76 bits per heavy atom.